The van der Waals surface area contributed by atoms with Gasteiger partial charge in [-0.3, -0.25) is 9.69 Å². The van der Waals surface area contributed by atoms with Crippen molar-refractivity contribution >= 4 is 11.6 Å². The summed E-state index contributed by atoms with van der Waals surface area (Å²) in [4.78, 5) is 14.3. The number of rotatable bonds is 3. The Hall–Kier alpha value is -1.49. The summed E-state index contributed by atoms with van der Waals surface area (Å²) in [6.07, 6.45) is 1.15. The molecule has 3 atom stereocenters. The second kappa shape index (κ2) is 6.52. The van der Waals surface area contributed by atoms with Crippen molar-refractivity contribution in [1.29, 1.82) is 0 Å². The van der Waals surface area contributed by atoms with E-state index < -0.39 is 17.7 Å². The average molecular weight is 296 g/mol. The van der Waals surface area contributed by atoms with Gasteiger partial charge in [0.2, 0.25) is 5.91 Å². The lowest BCUT2D eigenvalue weighted by Gasteiger charge is -2.38. The molecule has 0 aliphatic carbocycles. The van der Waals surface area contributed by atoms with E-state index >= 15 is 0 Å². The highest BCUT2D eigenvalue weighted by Crippen LogP contribution is 2.24. The van der Waals surface area contributed by atoms with Gasteiger partial charge in [0.25, 0.3) is 0 Å². The molecule has 21 heavy (non-hydrogen) atoms. The molecule has 1 amide bonds. The second-order valence-electron chi connectivity index (χ2n) is 6.16. The van der Waals surface area contributed by atoms with E-state index in [0.29, 0.717) is 11.8 Å². The number of hydrogen-bond donors (Lipinski definition) is 1. The lowest BCUT2D eigenvalue weighted by Crippen LogP contribution is -2.48. The average Bonchev–Trinajstić information content (AvgIpc) is 2.41. The van der Waals surface area contributed by atoms with Crippen LogP contribution in [0.5, 0.6) is 0 Å². The minimum Gasteiger partial charge on any atom is -0.320 e. The Morgan fingerprint density at radius 3 is 2.29 bits per heavy atom. The summed E-state index contributed by atoms with van der Waals surface area (Å²) in [5, 5.41) is 2.37. The van der Waals surface area contributed by atoms with Crippen LogP contribution in [-0.2, 0) is 4.79 Å². The summed E-state index contributed by atoms with van der Waals surface area (Å²) >= 11 is 0. The molecule has 0 unspecified atom stereocenters. The second-order valence-corrected chi connectivity index (χ2v) is 6.16. The number of amides is 1. The van der Waals surface area contributed by atoms with Crippen LogP contribution in [0.25, 0.3) is 0 Å². The van der Waals surface area contributed by atoms with Gasteiger partial charge in [-0.2, -0.15) is 0 Å². The van der Waals surface area contributed by atoms with Crippen molar-refractivity contribution in [3.63, 3.8) is 0 Å². The molecule has 1 aromatic rings. The predicted octanol–water partition coefficient (Wildman–Crippen LogP) is 3.27. The summed E-state index contributed by atoms with van der Waals surface area (Å²) in [5.74, 6) is -0.837. The maximum atomic E-state index is 13.6. The SMILES string of the molecule is C[C@@H]1C[C@@H](C)CN([C@@H](C)C(=O)Nc2c(F)cccc2F)C1. The summed E-state index contributed by atoms with van der Waals surface area (Å²) in [6.45, 7) is 7.75. The van der Waals surface area contributed by atoms with Crippen LogP contribution in [0.2, 0.25) is 0 Å². The van der Waals surface area contributed by atoms with Gasteiger partial charge in [-0.25, -0.2) is 8.78 Å². The Labute approximate surface area is 124 Å². The van der Waals surface area contributed by atoms with Crippen LogP contribution in [0.1, 0.15) is 27.2 Å². The fourth-order valence-corrected chi connectivity index (χ4v) is 3.04. The Kier molecular flexibility index (Phi) is 4.93. The van der Waals surface area contributed by atoms with E-state index in [-0.39, 0.29) is 11.6 Å². The van der Waals surface area contributed by atoms with Crippen LogP contribution in [0.15, 0.2) is 18.2 Å². The minimum absolute atomic E-state index is 0.368. The standard InChI is InChI=1S/C16H22F2N2O/c1-10-7-11(2)9-20(8-10)12(3)16(21)19-15-13(17)5-4-6-14(15)18/h4-6,10-12H,7-9H2,1-3H3,(H,19,21)/t10-,11-,12+/m1/s1. The number of anilines is 1. The summed E-state index contributed by atoms with van der Waals surface area (Å²) in [6, 6.07) is 3.13. The van der Waals surface area contributed by atoms with Crippen LogP contribution >= 0.6 is 0 Å². The quantitative estimate of drug-likeness (QED) is 0.928. The molecular weight excluding hydrogens is 274 g/mol. The van der Waals surface area contributed by atoms with Crippen molar-refractivity contribution in [1.82, 2.24) is 4.90 Å². The molecule has 1 aliphatic rings. The predicted molar refractivity (Wildman–Crippen MR) is 79.0 cm³/mol. The van der Waals surface area contributed by atoms with E-state index in [1.807, 2.05) is 0 Å². The van der Waals surface area contributed by atoms with Crippen LogP contribution in [0, 0.1) is 23.5 Å². The molecule has 0 bridgehead atoms. The molecule has 5 heteroatoms. The van der Waals surface area contributed by atoms with Gasteiger partial charge in [-0.15, -0.1) is 0 Å². The summed E-state index contributed by atoms with van der Waals surface area (Å²) < 4.78 is 27.1. The van der Waals surface area contributed by atoms with Crippen molar-refractivity contribution in [3.05, 3.63) is 29.8 Å². The third-order valence-corrected chi connectivity index (χ3v) is 4.04. The number of hydrogen-bond acceptors (Lipinski definition) is 2. The minimum atomic E-state index is -0.754. The molecule has 2 rings (SSSR count). The number of carbonyl (C=O) groups is 1. The fourth-order valence-electron chi connectivity index (χ4n) is 3.04. The van der Waals surface area contributed by atoms with Crippen LogP contribution in [-0.4, -0.2) is 29.9 Å². The van der Waals surface area contributed by atoms with Crippen molar-refractivity contribution in [2.24, 2.45) is 11.8 Å². The van der Waals surface area contributed by atoms with E-state index in [0.717, 1.165) is 31.6 Å². The molecule has 0 saturated carbocycles. The normalized spacial score (nSPS) is 24.6. The van der Waals surface area contributed by atoms with Gasteiger partial charge < -0.3 is 5.32 Å². The van der Waals surface area contributed by atoms with E-state index in [1.165, 1.54) is 6.07 Å². The number of likely N-dealkylation sites (tertiary alicyclic amines) is 1. The maximum absolute atomic E-state index is 13.6. The largest absolute Gasteiger partial charge is 0.320 e. The van der Waals surface area contributed by atoms with Gasteiger partial charge in [0.15, 0.2) is 0 Å². The Morgan fingerprint density at radius 1 is 1.24 bits per heavy atom. The van der Waals surface area contributed by atoms with E-state index in [4.69, 9.17) is 0 Å². The third-order valence-electron chi connectivity index (χ3n) is 4.04. The van der Waals surface area contributed by atoms with Gasteiger partial charge >= 0.3 is 0 Å². The van der Waals surface area contributed by atoms with Gasteiger partial charge in [0.05, 0.1) is 6.04 Å². The Balaban J connectivity index is 2.06. The molecule has 1 heterocycles. The summed E-state index contributed by atoms with van der Waals surface area (Å²) in [5.41, 5.74) is -0.368. The molecule has 1 aliphatic heterocycles. The highest BCUT2D eigenvalue weighted by molar-refractivity contribution is 5.94. The number of benzene rings is 1. The van der Waals surface area contributed by atoms with Crippen molar-refractivity contribution in [2.75, 3.05) is 18.4 Å². The molecular formula is C16H22F2N2O. The monoisotopic (exact) mass is 296 g/mol. The Bertz CT molecular complexity index is 491. The first-order valence-electron chi connectivity index (χ1n) is 7.37. The number of nitrogens with one attached hydrogen (secondary N) is 1. The Morgan fingerprint density at radius 2 is 1.76 bits per heavy atom. The fraction of sp³-hybridized carbons (Fsp3) is 0.562. The number of para-hydroxylation sites is 1. The van der Waals surface area contributed by atoms with Crippen LogP contribution < -0.4 is 5.32 Å². The number of nitrogens with zero attached hydrogens (tertiary/aromatic N) is 1. The first-order chi connectivity index (χ1) is 9.88. The van der Waals surface area contributed by atoms with Gasteiger partial charge in [-0.05, 0) is 37.3 Å². The molecule has 0 aromatic heterocycles. The number of carbonyl (C=O) groups excluding carboxylic acids is 1. The number of piperidine rings is 1. The van der Waals surface area contributed by atoms with Crippen molar-refractivity contribution in [3.8, 4) is 0 Å². The van der Waals surface area contributed by atoms with Gasteiger partial charge in [0.1, 0.15) is 17.3 Å². The van der Waals surface area contributed by atoms with E-state index in [1.54, 1.807) is 6.92 Å². The molecule has 1 saturated heterocycles. The first-order valence-corrected chi connectivity index (χ1v) is 7.37. The number of halogens is 2. The van der Waals surface area contributed by atoms with Gasteiger partial charge in [-0.1, -0.05) is 19.9 Å². The molecule has 0 spiro atoms. The lowest BCUT2D eigenvalue weighted by atomic mass is 9.91. The molecule has 1 N–H and O–H groups in total. The first kappa shape index (κ1) is 15.9. The maximum Gasteiger partial charge on any atom is 0.241 e. The van der Waals surface area contributed by atoms with Crippen LogP contribution in [0.3, 0.4) is 0 Å². The van der Waals surface area contributed by atoms with E-state index in [2.05, 4.69) is 24.1 Å². The molecule has 0 radical (unpaired) electrons. The summed E-state index contributed by atoms with van der Waals surface area (Å²) in [7, 11) is 0. The molecule has 1 aromatic carbocycles. The zero-order valence-corrected chi connectivity index (χ0v) is 12.7. The van der Waals surface area contributed by atoms with Crippen LogP contribution in [0.4, 0.5) is 14.5 Å². The van der Waals surface area contributed by atoms with Crippen molar-refractivity contribution in [2.45, 2.75) is 33.2 Å². The molecule has 116 valence electrons. The van der Waals surface area contributed by atoms with E-state index in [9.17, 15) is 13.6 Å². The van der Waals surface area contributed by atoms with Crippen molar-refractivity contribution < 1.29 is 13.6 Å². The lowest BCUT2D eigenvalue weighted by molar-refractivity contribution is -0.121. The molecule has 3 nitrogen and oxygen atoms in total. The zero-order chi connectivity index (χ0) is 15.6. The molecule has 1 fully saturated rings. The highest BCUT2D eigenvalue weighted by Gasteiger charge is 2.29. The highest BCUT2D eigenvalue weighted by atomic mass is 19.1. The smallest absolute Gasteiger partial charge is 0.241 e. The topological polar surface area (TPSA) is 32.3 Å². The zero-order valence-electron chi connectivity index (χ0n) is 12.7. The third kappa shape index (κ3) is 3.79. The van der Waals surface area contributed by atoms with Gasteiger partial charge in [0, 0.05) is 13.1 Å².